The standard InChI is InChI=1S/C12H13F2N3O3S/c1-5-2-6(10(13)14)16-12(15-5)21-9-3-7(17-18)11-19-4-8(9)20-11/h2,8-11,18H,3-4H2,1H3/b17-7+/t8-,9-,11-/m1/s1. The minimum Gasteiger partial charge on any atom is -0.411 e. The minimum absolute atomic E-state index is 0.137. The van der Waals surface area contributed by atoms with Crippen molar-refractivity contribution in [2.75, 3.05) is 6.61 Å². The monoisotopic (exact) mass is 317 g/mol. The molecule has 0 aromatic carbocycles. The number of hydrogen-bond acceptors (Lipinski definition) is 7. The largest absolute Gasteiger partial charge is 0.411 e. The highest BCUT2D eigenvalue weighted by Gasteiger charge is 2.43. The van der Waals surface area contributed by atoms with Gasteiger partial charge in [0, 0.05) is 17.4 Å². The van der Waals surface area contributed by atoms with Crippen LogP contribution in [0.5, 0.6) is 0 Å². The van der Waals surface area contributed by atoms with Gasteiger partial charge in [-0.1, -0.05) is 16.9 Å². The molecule has 1 N–H and O–H groups in total. The lowest BCUT2D eigenvalue weighted by molar-refractivity contribution is -0.0169. The number of rotatable bonds is 3. The van der Waals surface area contributed by atoms with E-state index in [0.717, 1.165) is 0 Å². The van der Waals surface area contributed by atoms with Crippen LogP contribution in [-0.4, -0.2) is 45.1 Å². The van der Waals surface area contributed by atoms with Gasteiger partial charge < -0.3 is 14.7 Å². The summed E-state index contributed by atoms with van der Waals surface area (Å²) in [6, 6.07) is 1.27. The van der Waals surface area contributed by atoms with Gasteiger partial charge in [-0.15, -0.1) is 0 Å². The van der Waals surface area contributed by atoms with Crippen LogP contribution in [0.4, 0.5) is 8.78 Å². The molecule has 0 aliphatic carbocycles. The summed E-state index contributed by atoms with van der Waals surface area (Å²) >= 11 is 1.24. The third-order valence-electron chi connectivity index (χ3n) is 3.27. The Morgan fingerprint density at radius 2 is 2.29 bits per heavy atom. The molecule has 3 atom stereocenters. The molecule has 0 saturated carbocycles. The van der Waals surface area contributed by atoms with Crippen molar-refractivity contribution in [2.24, 2.45) is 5.16 Å². The van der Waals surface area contributed by atoms with Crippen LogP contribution in [0.3, 0.4) is 0 Å². The number of alkyl halides is 2. The highest BCUT2D eigenvalue weighted by molar-refractivity contribution is 7.99. The first kappa shape index (κ1) is 14.6. The summed E-state index contributed by atoms with van der Waals surface area (Å²) in [5.41, 5.74) is 0.581. The van der Waals surface area contributed by atoms with Gasteiger partial charge in [-0.25, -0.2) is 18.7 Å². The van der Waals surface area contributed by atoms with E-state index in [2.05, 4.69) is 15.1 Å². The van der Waals surface area contributed by atoms with E-state index in [9.17, 15) is 8.78 Å². The SMILES string of the molecule is Cc1cc(C(F)F)nc(S[C@@H]2C/C(=N\O)[C@@H]3OC[C@H]2O3)n1. The van der Waals surface area contributed by atoms with E-state index in [-0.39, 0.29) is 22.2 Å². The number of aromatic nitrogens is 2. The Morgan fingerprint density at radius 3 is 3.00 bits per heavy atom. The molecular weight excluding hydrogens is 304 g/mol. The van der Waals surface area contributed by atoms with Crippen molar-refractivity contribution < 1.29 is 23.5 Å². The number of oxime groups is 1. The van der Waals surface area contributed by atoms with Crippen LogP contribution >= 0.6 is 11.8 Å². The zero-order valence-electron chi connectivity index (χ0n) is 11.1. The number of thioether (sulfide) groups is 1. The second-order valence-electron chi connectivity index (χ2n) is 4.81. The molecule has 21 heavy (non-hydrogen) atoms. The average molecular weight is 317 g/mol. The molecule has 2 fully saturated rings. The molecule has 2 bridgehead atoms. The first-order valence-electron chi connectivity index (χ1n) is 6.35. The number of nitrogens with zero attached hydrogens (tertiary/aromatic N) is 3. The zero-order valence-corrected chi connectivity index (χ0v) is 11.9. The molecule has 0 unspecified atom stereocenters. The molecule has 2 aliphatic heterocycles. The Bertz CT molecular complexity index is 573. The summed E-state index contributed by atoms with van der Waals surface area (Å²) in [6.07, 6.45) is -2.99. The van der Waals surface area contributed by atoms with Gasteiger partial charge in [-0.2, -0.15) is 0 Å². The van der Waals surface area contributed by atoms with Crippen molar-refractivity contribution in [3.63, 3.8) is 0 Å². The van der Waals surface area contributed by atoms with Crippen LogP contribution in [0, 0.1) is 6.92 Å². The van der Waals surface area contributed by atoms with Crippen molar-refractivity contribution in [3.8, 4) is 0 Å². The van der Waals surface area contributed by atoms with E-state index in [4.69, 9.17) is 14.7 Å². The van der Waals surface area contributed by atoms with Crippen molar-refractivity contribution in [1.82, 2.24) is 9.97 Å². The molecule has 114 valence electrons. The summed E-state index contributed by atoms with van der Waals surface area (Å²) < 4.78 is 36.5. The Balaban J connectivity index is 1.80. The third kappa shape index (κ3) is 2.99. The molecule has 3 heterocycles. The van der Waals surface area contributed by atoms with Crippen LogP contribution < -0.4 is 0 Å². The van der Waals surface area contributed by atoms with E-state index in [1.54, 1.807) is 6.92 Å². The topological polar surface area (TPSA) is 76.8 Å². The van der Waals surface area contributed by atoms with E-state index in [1.807, 2.05) is 0 Å². The summed E-state index contributed by atoms with van der Waals surface area (Å²) in [5.74, 6) is 0. The summed E-state index contributed by atoms with van der Waals surface area (Å²) in [4.78, 5) is 8.03. The molecular formula is C12H13F2N3O3S. The molecule has 2 saturated heterocycles. The quantitative estimate of drug-likeness (QED) is 0.523. The average Bonchev–Trinajstić information content (AvgIpc) is 2.86. The van der Waals surface area contributed by atoms with Crippen molar-refractivity contribution in [2.45, 2.75) is 42.6 Å². The maximum atomic E-state index is 12.8. The van der Waals surface area contributed by atoms with Gasteiger partial charge in [0.25, 0.3) is 6.43 Å². The van der Waals surface area contributed by atoms with E-state index in [0.29, 0.717) is 24.4 Å². The molecule has 1 aromatic heterocycles. The van der Waals surface area contributed by atoms with Gasteiger partial charge >= 0.3 is 0 Å². The highest BCUT2D eigenvalue weighted by atomic mass is 32.2. The van der Waals surface area contributed by atoms with Gasteiger partial charge in [0.1, 0.15) is 11.4 Å². The minimum atomic E-state index is -2.64. The normalized spacial score (nSPS) is 30.3. The summed E-state index contributed by atoms with van der Waals surface area (Å²) in [5, 5.41) is 12.2. The molecule has 0 spiro atoms. The summed E-state index contributed by atoms with van der Waals surface area (Å²) in [7, 11) is 0. The van der Waals surface area contributed by atoms with Crippen LogP contribution in [0.15, 0.2) is 16.4 Å². The molecule has 9 heteroatoms. The number of hydrogen-bond donors (Lipinski definition) is 1. The van der Waals surface area contributed by atoms with Gasteiger partial charge in [0.05, 0.1) is 12.7 Å². The lowest BCUT2D eigenvalue weighted by Gasteiger charge is -2.26. The van der Waals surface area contributed by atoms with Gasteiger partial charge in [-0.05, 0) is 13.0 Å². The molecule has 3 rings (SSSR count). The zero-order chi connectivity index (χ0) is 15.0. The molecule has 2 aliphatic rings. The lowest BCUT2D eigenvalue weighted by atomic mass is 10.1. The van der Waals surface area contributed by atoms with Crippen LogP contribution in [0.1, 0.15) is 24.2 Å². The number of ether oxygens (including phenoxy) is 2. The number of fused-ring (bicyclic) bond motifs is 2. The Morgan fingerprint density at radius 1 is 1.48 bits per heavy atom. The highest BCUT2D eigenvalue weighted by Crippen LogP contribution is 2.36. The fourth-order valence-electron chi connectivity index (χ4n) is 2.29. The maximum Gasteiger partial charge on any atom is 0.280 e. The molecule has 0 radical (unpaired) electrons. The van der Waals surface area contributed by atoms with Gasteiger partial charge in [0.15, 0.2) is 5.16 Å². The fraction of sp³-hybridized carbons (Fsp3) is 0.583. The van der Waals surface area contributed by atoms with E-state index in [1.165, 1.54) is 17.8 Å². The van der Waals surface area contributed by atoms with Gasteiger partial charge in [-0.3, -0.25) is 0 Å². The molecule has 6 nitrogen and oxygen atoms in total. The Kier molecular flexibility index (Phi) is 4.05. The van der Waals surface area contributed by atoms with Crippen molar-refractivity contribution >= 4 is 17.5 Å². The number of aryl methyl sites for hydroxylation is 1. The van der Waals surface area contributed by atoms with Crippen LogP contribution in [0.25, 0.3) is 0 Å². The first-order chi connectivity index (χ1) is 10.1. The lowest BCUT2D eigenvalue weighted by Crippen LogP contribution is -2.37. The Labute approximate surface area is 123 Å². The van der Waals surface area contributed by atoms with Crippen molar-refractivity contribution in [3.05, 3.63) is 17.5 Å². The van der Waals surface area contributed by atoms with Crippen LogP contribution in [0.2, 0.25) is 0 Å². The van der Waals surface area contributed by atoms with Crippen molar-refractivity contribution in [1.29, 1.82) is 0 Å². The maximum absolute atomic E-state index is 12.8. The fourth-order valence-corrected chi connectivity index (χ4v) is 3.47. The first-order valence-corrected chi connectivity index (χ1v) is 7.23. The second kappa shape index (κ2) is 5.82. The number of halogens is 2. The molecule has 0 amide bonds. The summed E-state index contributed by atoms with van der Waals surface area (Å²) in [6.45, 7) is 2.01. The second-order valence-corrected chi connectivity index (χ2v) is 6.02. The predicted octanol–water partition coefficient (Wildman–Crippen LogP) is 2.16. The third-order valence-corrected chi connectivity index (χ3v) is 4.44. The molecule has 1 aromatic rings. The smallest absolute Gasteiger partial charge is 0.280 e. The van der Waals surface area contributed by atoms with Gasteiger partial charge in [0.2, 0.25) is 6.29 Å². The predicted molar refractivity (Wildman–Crippen MR) is 69.8 cm³/mol. The van der Waals surface area contributed by atoms with E-state index >= 15 is 0 Å². The Hall–Kier alpha value is -1.32. The van der Waals surface area contributed by atoms with E-state index < -0.39 is 12.7 Å². The van der Waals surface area contributed by atoms with Crippen LogP contribution in [-0.2, 0) is 9.47 Å².